The van der Waals surface area contributed by atoms with Gasteiger partial charge in [-0.05, 0) is 42.5 Å². The van der Waals surface area contributed by atoms with E-state index >= 15 is 0 Å². The van der Waals surface area contributed by atoms with Gasteiger partial charge in [0.2, 0.25) is 5.91 Å². The Hall–Kier alpha value is -2.53. The normalized spacial score (nSPS) is 10.0. The molecule has 108 valence electrons. The number of carbonyl (C=O) groups is 2. The molecular weight excluding hydrogens is 290 g/mol. The van der Waals surface area contributed by atoms with Crippen molar-refractivity contribution in [3.8, 4) is 0 Å². The molecule has 0 aromatic heterocycles. The van der Waals surface area contributed by atoms with Crippen LogP contribution in [0.15, 0.2) is 42.5 Å². The number of hydrogen-bond acceptors (Lipinski definition) is 3. The van der Waals surface area contributed by atoms with Crippen LogP contribution in [-0.4, -0.2) is 11.8 Å². The van der Waals surface area contributed by atoms with Crippen LogP contribution in [0.3, 0.4) is 0 Å². The zero-order valence-corrected chi connectivity index (χ0v) is 12.1. The smallest absolute Gasteiger partial charge is 0.255 e. The Kier molecular flexibility index (Phi) is 4.45. The maximum atomic E-state index is 12.1. The number of nitrogens with one attached hydrogen (secondary N) is 2. The summed E-state index contributed by atoms with van der Waals surface area (Å²) in [5, 5.41) is 5.78. The van der Waals surface area contributed by atoms with E-state index in [1.165, 1.54) is 6.92 Å². The van der Waals surface area contributed by atoms with Gasteiger partial charge >= 0.3 is 0 Å². The van der Waals surface area contributed by atoms with E-state index in [2.05, 4.69) is 10.6 Å². The largest absolute Gasteiger partial charge is 0.399 e. The SMILES string of the molecule is CC(=O)Nc1ccc(NC(=O)c2cc(N)cc(Cl)c2)cc1. The predicted molar refractivity (Wildman–Crippen MR) is 84.6 cm³/mol. The molecule has 5 nitrogen and oxygen atoms in total. The Bertz CT molecular complexity index is 664. The van der Waals surface area contributed by atoms with E-state index in [1.54, 1.807) is 42.5 Å². The van der Waals surface area contributed by atoms with Crippen molar-refractivity contribution >= 4 is 40.5 Å². The summed E-state index contributed by atoms with van der Waals surface area (Å²) in [5.41, 5.74) is 7.72. The minimum Gasteiger partial charge on any atom is -0.399 e. The first-order chi connectivity index (χ1) is 9.94. The number of nitrogens with two attached hydrogens (primary N) is 1. The maximum absolute atomic E-state index is 12.1. The predicted octanol–water partition coefficient (Wildman–Crippen LogP) is 3.13. The lowest BCUT2D eigenvalue weighted by atomic mass is 10.2. The highest BCUT2D eigenvalue weighted by atomic mass is 35.5. The lowest BCUT2D eigenvalue weighted by Gasteiger charge is -2.08. The molecule has 6 heteroatoms. The molecule has 2 rings (SSSR count). The highest BCUT2D eigenvalue weighted by Gasteiger charge is 2.08. The van der Waals surface area contributed by atoms with E-state index in [0.29, 0.717) is 27.6 Å². The Morgan fingerprint density at radius 2 is 1.57 bits per heavy atom. The molecule has 4 N–H and O–H groups in total. The summed E-state index contributed by atoms with van der Waals surface area (Å²) in [6, 6.07) is 11.4. The molecule has 0 atom stereocenters. The standard InChI is InChI=1S/C15H14ClN3O2/c1-9(20)18-13-2-4-14(5-3-13)19-15(21)10-6-11(16)8-12(17)7-10/h2-8H,17H2,1H3,(H,18,20)(H,19,21). The molecule has 2 aromatic carbocycles. The van der Waals surface area contributed by atoms with Crippen LogP contribution in [0.1, 0.15) is 17.3 Å². The first kappa shape index (κ1) is 14.9. The van der Waals surface area contributed by atoms with Gasteiger partial charge in [-0.15, -0.1) is 0 Å². The number of carbonyl (C=O) groups excluding carboxylic acids is 2. The van der Waals surface area contributed by atoms with Crippen molar-refractivity contribution in [3.05, 3.63) is 53.1 Å². The molecule has 0 spiro atoms. The number of rotatable bonds is 3. The molecular formula is C15H14ClN3O2. The number of nitrogen functional groups attached to an aromatic ring is 1. The molecule has 21 heavy (non-hydrogen) atoms. The van der Waals surface area contributed by atoms with E-state index in [9.17, 15) is 9.59 Å². The van der Waals surface area contributed by atoms with Crippen LogP contribution in [0, 0.1) is 0 Å². The van der Waals surface area contributed by atoms with Gasteiger partial charge in [0.15, 0.2) is 0 Å². The summed E-state index contributed by atoms with van der Waals surface area (Å²) in [4.78, 5) is 23.0. The minimum atomic E-state index is -0.309. The second-order valence-corrected chi connectivity index (χ2v) is 4.92. The van der Waals surface area contributed by atoms with Crippen LogP contribution in [0.4, 0.5) is 17.1 Å². The number of amides is 2. The van der Waals surface area contributed by atoms with E-state index in [0.717, 1.165) is 0 Å². The minimum absolute atomic E-state index is 0.152. The molecule has 0 aliphatic rings. The monoisotopic (exact) mass is 303 g/mol. The van der Waals surface area contributed by atoms with Gasteiger partial charge in [0.1, 0.15) is 0 Å². The molecule has 2 amide bonds. The van der Waals surface area contributed by atoms with Crippen molar-refractivity contribution in [2.75, 3.05) is 16.4 Å². The average molecular weight is 304 g/mol. The molecule has 0 fully saturated rings. The lowest BCUT2D eigenvalue weighted by molar-refractivity contribution is -0.114. The van der Waals surface area contributed by atoms with E-state index in [-0.39, 0.29) is 11.8 Å². The lowest BCUT2D eigenvalue weighted by Crippen LogP contribution is -2.12. The number of halogens is 1. The van der Waals surface area contributed by atoms with Crippen LogP contribution in [0.2, 0.25) is 5.02 Å². The first-order valence-electron chi connectivity index (χ1n) is 6.19. The van der Waals surface area contributed by atoms with Crippen LogP contribution in [0.25, 0.3) is 0 Å². The third-order valence-electron chi connectivity index (χ3n) is 2.65. The van der Waals surface area contributed by atoms with Gasteiger partial charge < -0.3 is 16.4 Å². The van der Waals surface area contributed by atoms with Gasteiger partial charge in [-0.2, -0.15) is 0 Å². The van der Waals surface area contributed by atoms with E-state index < -0.39 is 0 Å². The van der Waals surface area contributed by atoms with E-state index in [1.807, 2.05) is 0 Å². The molecule has 2 aromatic rings. The van der Waals surface area contributed by atoms with Crippen molar-refractivity contribution in [1.82, 2.24) is 0 Å². The number of benzene rings is 2. The third-order valence-corrected chi connectivity index (χ3v) is 2.86. The molecule has 0 aliphatic heterocycles. The molecule has 0 saturated carbocycles. The molecule has 0 unspecified atom stereocenters. The first-order valence-corrected chi connectivity index (χ1v) is 6.57. The van der Waals surface area contributed by atoms with E-state index in [4.69, 9.17) is 17.3 Å². The van der Waals surface area contributed by atoms with Gasteiger partial charge in [-0.3, -0.25) is 9.59 Å². The van der Waals surface area contributed by atoms with Gasteiger partial charge in [0, 0.05) is 34.6 Å². The number of hydrogen-bond donors (Lipinski definition) is 3. The summed E-state index contributed by atoms with van der Waals surface area (Å²) >= 11 is 5.87. The second kappa shape index (κ2) is 6.28. The Morgan fingerprint density at radius 3 is 2.10 bits per heavy atom. The van der Waals surface area contributed by atoms with Crippen LogP contribution < -0.4 is 16.4 Å². The average Bonchev–Trinajstić information content (AvgIpc) is 2.39. The van der Waals surface area contributed by atoms with Crippen LogP contribution in [0.5, 0.6) is 0 Å². The Morgan fingerprint density at radius 1 is 1.00 bits per heavy atom. The Balaban J connectivity index is 2.10. The summed E-state index contributed by atoms with van der Waals surface area (Å²) < 4.78 is 0. The maximum Gasteiger partial charge on any atom is 0.255 e. The molecule has 0 radical (unpaired) electrons. The fourth-order valence-corrected chi connectivity index (χ4v) is 2.03. The van der Waals surface area contributed by atoms with Crippen molar-refractivity contribution in [2.45, 2.75) is 6.92 Å². The highest BCUT2D eigenvalue weighted by molar-refractivity contribution is 6.31. The zero-order chi connectivity index (χ0) is 15.4. The Labute approximate surface area is 127 Å². The fourth-order valence-electron chi connectivity index (χ4n) is 1.79. The quantitative estimate of drug-likeness (QED) is 0.762. The third kappa shape index (κ3) is 4.22. The van der Waals surface area contributed by atoms with Crippen molar-refractivity contribution in [1.29, 1.82) is 0 Å². The number of anilines is 3. The van der Waals surface area contributed by atoms with Crippen molar-refractivity contribution in [3.63, 3.8) is 0 Å². The molecule has 0 bridgehead atoms. The van der Waals surface area contributed by atoms with Gasteiger partial charge in [-0.25, -0.2) is 0 Å². The topological polar surface area (TPSA) is 84.2 Å². The van der Waals surface area contributed by atoms with Crippen LogP contribution in [-0.2, 0) is 4.79 Å². The van der Waals surface area contributed by atoms with Crippen molar-refractivity contribution in [2.24, 2.45) is 0 Å². The summed E-state index contributed by atoms with van der Waals surface area (Å²) in [5.74, 6) is -0.460. The van der Waals surface area contributed by atoms with Crippen LogP contribution >= 0.6 is 11.6 Å². The second-order valence-electron chi connectivity index (χ2n) is 4.49. The summed E-state index contributed by atoms with van der Waals surface area (Å²) in [7, 11) is 0. The molecule has 0 heterocycles. The zero-order valence-electron chi connectivity index (χ0n) is 11.3. The summed E-state index contributed by atoms with van der Waals surface area (Å²) in [6.45, 7) is 1.43. The summed E-state index contributed by atoms with van der Waals surface area (Å²) in [6.07, 6.45) is 0. The fraction of sp³-hybridized carbons (Fsp3) is 0.0667. The van der Waals surface area contributed by atoms with Gasteiger partial charge in [-0.1, -0.05) is 11.6 Å². The highest BCUT2D eigenvalue weighted by Crippen LogP contribution is 2.19. The molecule has 0 aliphatic carbocycles. The van der Waals surface area contributed by atoms with Gasteiger partial charge in [0.25, 0.3) is 5.91 Å². The molecule has 0 saturated heterocycles. The van der Waals surface area contributed by atoms with Crippen molar-refractivity contribution < 1.29 is 9.59 Å². The van der Waals surface area contributed by atoms with Gasteiger partial charge in [0.05, 0.1) is 0 Å².